The zero-order valence-corrected chi connectivity index (χ0v) is 12.3. The van der Waals surface area contributed by atoms with E-state index in [2.05, 4.69) is 5.73 Å². The van der Waals surface area contributed by atoms with Crippen LogP contribution in [0.3, 0.4) is 0 Å². The van der Waals surface area contributed by atoms with E-state index in [9.17, 15) is 23.1 Å². The lowest BCUT2D eigenvalue weighted by Gasteiger charge is -2.04. The van der Waals surface area contributed by atoms with E-state index < -0.39 is 17.7 Å². The van der Waals surface area contributed by atoms with Gasteiger partial charge in [0.15, 0.2) is 3.95 Å². The van der Waals surface area contributed by atoms with Crippen molar-refractivity contribution in [3.8, 4) is 5.88 Å². The Balaban J connectivity index is 3.10. The van der Waals surface area contributed by atoms with E-state index in [-0.39, 0.29) is 5.88 Å². The summed E-state index contributed by atoms with van der Waals surface area (Å²) < 4.78 is 38.8. The number of aromatic nitrogens is 1. The minimum Gasteiger partial charge on any atom is -0.493 e. The molecule has 9 heteroatoms. The molecule has 0 aliphatic heterocycles. The first-order valence-electron chi connectivity index (χ1n) is 5.54. The number of alkyl halides is 3. The van der Waals surface area contributed by atoms with Crippen LogP contribution in [0.2, 0.25) is 0 Å². The number of aromatic hydroxyl groups is 1. The van der Waals surface area contributed by atoms with Crippen LogP contribution in [-0.2, 0) is 11.3 Å². The van der Waals surface area contributed by atoms with Crippen LogP contribution in [0.4, 0.5) is 13.2 Å². The van der Waals surface area contributed by atoms with Crippen LogP contribution in [0, 0.1) is 3.95 Å². The van der Waals surface area contributed by atoms with Crippen molar-refractivity contribution in [2.75, 3.05) is 0 Å². The van der Waals surface area contributed by atoms with Crippen LogP contribution in [-0.4, -0.2) is 26.9 Å². The second kappa shape index (κ2) is 6.75. The lowest BCUT2D eigenvalue weighted by atomic mass is 10.2. The first-order valence-corrected chi connectivity index (χ1v) is 6.76. The van der Waals surface area contributed by atoms with Crippen LogP contribution in [0.25, 0.3) is 6.08 Å². The van der Waals surface area contributed by atoms with Crippen molar-refractivity contribution in [1.82, 2.24) is 4.57 Å². The molecule has 0 radical (unpaired) electrons. The van der Waals surface area contributed by atoms with E-state index in [0.29, 0.717) is 21.5 Å². The van der Waals surface area contributed by atoms with Crippen LogP contribution < -0.4 is 0 Å². The Morgan fingerprint density at radius 2 is 2.14 bits per heavy atom. The third-order valence-electron chi connectivity index (χ3n) is 2.31. The van der Waals surface area contributed by atoms with Gasteiger partial charge in [0.05, 0.1) is 4.88 Å². The molecule has 0 saturated heterocycles. The van der Waals surface area contributed by atoms with Gasteiger partial charge in [0.25, 0.3) is 0 Å². The molecule has 0 atom stereocenters. The topological polar surface area (TPSA) is 62.5 Å². The fourth-order valence-corrected chi connectivity index (χ4v) is 2.66. The van der Waals surface area contributed by atoms with Crippen molar-refractivity contribution >= 4 is 35.6 Å². The van der Waals surface area contributed by atoms with Gasteiger partial charge in [0.2, 0.25) is 5.88 Å². The third kappa shape index (κ3) is 4.32. The van der Waals surface area contributed by atoms with E-state index in [1.54, 1.807) is 6.92 Å². The van der Waals surface area contributed by atoms with E-state index in [1.165, 1.54) is 10.6 Å². The number of carboxylic acids is 1. The maximum Gasteiger partial charge on any atom is 0.423 e. The predicted octanol–water partition coefficient (Wildman–Crippen LogP) is 3.75. The Hall–Kier alpha value is -1.83. The number of hydrogen-bond donors (Lipinski definition) is 2. The number of rotatable bonds is 4. The third-order valence-corrected chi connectivity index (χ3v) is 3.69. The molecule has 0 aliphatic rings. The summed E-state index contributed by atoms with van der Waals surface area (Å²) in [6.45, 7) is 2.23. The molecule has 0 amide bonds. The Morgan fingerprint density at radius 1 is 1.52 bits per heavy atom. The zero-order chi connectivity index (χ0) is 16.2. The standard InChI is InChI=1S/C12H10F3NO3S2/c1-2-16-9(17)8(21-11(16)20)6-4-3-5-7(10(18)19)12(13,14)15/h3,5-6,17H,2H2,1H3,(H,18,19). The fourth-order valence-electron chi connectivity index (χ4n) is 1.33. The fraction of sp³-hybridized carbons (Fsp3) is 0.250. The first kappa shape index (κ1) is 17.2. The van der Waals surface area contributed by atoms with E-state index in [4.69, 9.17) is 17.3 Å². The van der Waals surface area contributed by atoms with Crippen molar-refractivity contribution < 1.29 is 28.2 Å². The molecule has 0 saturated carbocycles. The number of hydrogen-bond acceptors (Lipinski definition) is 4. The molecule has 0 unspecified atom stereocenters. The maximum absolute atomic E-state index is 12.3. The molecule has 2 N–H and O–H groups in total. The summed E-state index contributed by atoms with van der Waals surface area (Å²) in [7, 11) is 0. The number of nitrogens with zero attached hydrogens (tertiary/aromatic N) is 1. The summed E-state index contributed by atoms with van der Waals surface area (Å²) in [6.07, 6.45) is -2.51. The molecule has 0 aromatic carbocycles. The van der Waals surface area contributed by atoms with Crippen LogP contribution in [0.15, 0.2) is 23.5 Å². The monoisotopic (exact) mass is 337 g/mol. The van der Waals surface area contributed by atoms with Gasteiger partial charge >= 0.3 is 12.1 Å². The average Bonchev–Trinajstić information content (AvgIpc) is 2.61. The van der Waals surface area contributed by atoms with Crippen LogP contribution in [0.1, 0.15) is 11.8 Å². The zero-order valence-electron chi connectivity index (χ0n) is 10.6. The molecular weight excluding hydrogens is 327 g/mol. The van der Waals surface area contributed by atoms with Crippen LogP contribution >= 0.6 is 23.6 Å². The summed E-state index contributed by atoms with van der Waals surface area (Å²) >= 11 is 6.05. The SMILES string of the molecule is CCn1c(O)c(C=C=CC=C(C(=O)O)C(F)(F)F)sc1=S. The second-order valence-electron chi connectivity index (χ2n) is 3.66. The van der Waals surface area contributed by atoms with Gasteiger partial charge in [-0.1, -0.05) is 0 Å². The molecule has 0 aliphatic carbocycles. The summed E-state index contributed by atoms with van der Waals surface area (Å²) in [6, 6.07) is 0. The van der Waals surface area contributed by atoms with E-state index in [0.717, 1.165) is 17.4 Å². The van der Waals surface area contributed by atoms with Gasteiger partial charge in [0.1, 0.15) is 5.57 Å². The Bertz CT molecular complexity index is 692. The number of thiazole rings is 1. The molecule has 0 spiro atoms. The minimum atomic E-state index is -4.95. The molecule has 0 bridgehead atoms. The smallest absolute Gasteiger partial charge is 0.423 e. The van der Waals surface area contributed by atoms with Crippen molar-refractivity contribution in [3.63, 3.8) is 0 Å². The molecule has 114 valence electrons. The Labute approximate surface area is 126 Å². The van der Waals surface area contributed by atoms with E-state index >= 15 is 0 Å². The highest BCUT2D eigenvalue weighted by atomic mass is 32.1. The molecule has 1 heterocycles. The highest BCUT2D eigenvalue weighted by Gasteiger charge is 2.38. The molecular formula is C12H10F3NO3S2. The summed E-state index contributed by atoms with van der Waals surface area (Å²) in [4.78, 5) is 10.8. The lowest BCUT2D eigenvalue weighted by molar-refractivity contribution is -0.144. The van der Waals surface area contributed by atoms with Gasteiger partial charge < -0.3 is 10.2 Å². The summed E-state index contributed by atoms with van der Waals surface area (Å²) in [5.74, 6) is -2.18. The highest BCUT2D eigenvalue weighted by molar-refractivity contribution is 7.73. The summed E-state index contributed by atoms with van der Waals surface area (Å²) in [5.41, 5.74) is 0.663. The van der Waals surface area contributed by atoms with Gasteiger partial charge in [-0.25, -0.2) is 4.79 Å². The van der Waals surface area contributed by atoms with Crippen molar-refractivity contribution in [2.24, 2.45) is 0 Å². The molecule has 1 aromatic rings. The lowest BCUT2D eigenvalue weighted by Crippen LogP contribution is -2.19. The average molecular weight is 337 g/mol. The Morgan fingerprint density at radius 3 is 2.57 bits per heavy atom. The number of carbonyl (C=O) groups is 1. The number of allylic oxidation sites excluding steroid dienone is 2. The maximum atomic E-state index is 12.3. The van der Waals surface area contributed by atoms with Gasteiger partial charge in [-0.3, -0.25) is 4.57 Å². The van der Waals surface area contributed by atoms with Gasteiger partial charge in [0, 0.05) is 12.6 Å². The van der Waals surface area contributed by atoms with Gasteiger partial charge in [-0.15, -0.1) is 17.1 Å². The number of halogens is 3. The predicted molar refractivity (Wildman–Crippen MR) is 74.8 cm³/mol. The molecule has 1 rings (SSSR count). The second-order valence-corrected chi connectivity index (χ2v) is 5.34. The van der Waals surface area contributed by atoms with Gasteiger partial charge in [-0.2, -0.15) is 13.2 Å². The molecule has 1 aromatic heterocycles. The molecule has 0 fully saturated rings. The van der Waals surface area contributed by atoms with Gasteiger partial charge in [-0.05, 0) is 31.3 Å². The normalized spacial score (nSPS) is 11.9. The quantitative estimate of drug-likeness (QED) is 0.380. The van der Waals surface area contributed by atoms with E-state index in [1.807, 2.05) is 0 Å². The van der Waals surface area contributed by atoms with Crippen LogP contribution in [0.5, 0.6) is 5.88 Å². The minimum absolute atomic E-state index is 0.105. The molecule has 4 nitrogen and oxygen atoms in total. The molecule has 21 heavy (non-hydrogen) atoms. The largest absolute Gasteiger partial charge is 0.493 e. The highest BCUT2D eigenvalue weighted by Crippen LogP contribution is 2.27. The number of carboxylic acid groups (broad SMARTS) is 1. The summed E-state index contributed by atoms with van der Waals surface area (Å²) in [5, 5.41) is 18.2. The number of aliphatic carboxylic acids is 1. The first-order chi connectivity index (χ1) is 9.68. The van der Waals surface area contributed by atoms with Crippen molar-refractivity contribution in [3.05, 3.63) is 32.3 Å². The van der Waals surface area contributed by atoms with Crippen molar-refractivity contribution in [2.45, 2.75) is 19.6 Å². The Kier molecular flexibility index (Phi) is 5.54. The van der Waals surface area contributed by atoms with Crippen molar-refractivity contribution in [1.29, 1.82) is 0 Å².